The van der Waals surface area contributed by atoms with Gasteiger partial charge in [0, 0.05) is 12.1 Å². The Hall–Kier alpha value is -1.36. The van der Waals surface area contributed by atoms with Gasteiger partial charge < -0.3 is 14.5 Å². The van der Waals surface area contributed by atoms with Crippen molar-refractivity contribution in [3.8, 4) is 0 Å². The Balaban J connectivity index is 2.18. The Labute approximate surface area is 87.7 Å². The summed E-state index contributed by atoms with van der Waals surface area (Å²) < 4.78 is 4.91. The fourth-order valence-electron chi connectivity index (χ4n) is 1.92. The Kier molecular flexibility index (Phi) is 2.73. The van der Waals surface area contributed by atoms with E-state index in [2.05, 4.69) is 5.16 Å². The smallest absolute Gasteiger partial charge is 0.293 e. The molecular weight excluding hydrogens is 196 g/mol. The number of likely N-dealkylation sites (tertiary alicyclic amines) is 1. The highest BCUT2D eigenvalue weighted by Gasteiger charge is 2.31. The number of hydrogen-bond acceptors (Lipinski definition) is 4. The van der Waals surface area contributed by atoms with Crippen LogP contribution in [0.25, 0.3) is 0 Å². The van der Waals surface area contributed by atoms with E-state index in [0.717, 1.165) is 18.4 Å². The monoisotopic (exact) mass is 210 g/mol. The predicted molar refractivity (Wildman–Crippen MR) is 52.4 cm³/mol. The molecule has 5 heteroatoms. The number of aliphatic hydroxyl groups is 1. The lowest BCUT2D eigenvalue weighted by atomic mass is 10.2. The third kappa shape index (κ3) is 1.74. The van der Waals surface area contributed by atoms with Crippen LogP contribution in [0.1, 0.15) is 29.0 Å². The summed E-state index contributed by atoms with van der Waals surface area (Å²) in [5, 5.41) is 12.7. The predicted octanol–water partition coefficient (Wildman–Crippen LogP) is 0.580. The van der Waals surface area contributed by atoms with E-state index >= 15 is 0 Å². The van der Waals surface area contributed by atoms with E-state index in [-0.39, 0.29) is 24.3 Å². The number of aliphatic hydroxyl groups excluding tert-OH is 1. The minimum atomic E-state index is -0.165. The number of carbonyl (C=O) groups excluding carboxylic acids is 1. The molecule has 2 heterocycles. The van der Waals surface area contributed by atoms with Crippen LogP contribution in [0.4, 0.5) is 0 Å². The first-order valence-corrected chi connectivity index (χ1v) is 5.07. The van der Waals surface area contributed by atoms with Crippen molar-refractivity contribution >= 4 is 5.91 Å². The fourth-order valence-corrected chi connectivity index (χ4v) is 1.92. The minimum absolute atomic E-state index is 0.0128. The zero-order chi connectivity index (χ0) is 10.8. The lowest BCUT2D eigenvalue weighted by Gasteiger charge is -2.21. The van der Waals surface area contributed by atoms with E-state index in [1.54, 1.807) is 11.8 Å². The Morgan fingerprint density at radius 1 is 1.80 bits per heavy atom. The maximum atomic E-state index is 12.0. The Bertz CT molecular complexity index is 361. The molecule has 0 aromatic carbocycles. The molecule has 1 aromatic rings. The molecule has 1 aromatic heterocycles. The van der Waals surface area contributed by atoms with Crippen LogP contribution in [0, 0.1) is 6.92 Å². The lowest BCUT2D eigenvalue weighted by Crippen LogP contribution is -2.37. The van der Waals surface area contributed by atoms with Crippen molar-refractivity contribution in [1.82, 2.24) is 10.1 Å². The Morgan fingerprint density at radius 2 is 2.60 bits per heavy atom. The van der Waals surface area contributed by atoms with Gasteiger partial charge in [-0.3, -0.25) is 4.79 Å². The molecule has 1 amide bonds. The van der Waals surface area contributed by atoms with Crippen molar-refractivity contribution < 1.29 is 14.4 Å². The molecule has 0 aliphatic carbocycles. The van der Waals surface area contributed by atoms with E-state index in [0.29, 0.717) is 6.54 Å². The first kappa shape index (κ1) is 10.2. The normalized spacial score (nSPS) is 20.9. The van der Waals surface area contributed by atoms with Crippen LogP contribution in [0.5, 0.6) is 0 Å². The van der Waals surface area contributed by atoms with Crippen LogP contribution >= 0.6 is 0 Å². The number of aryl methyl sites for hydroxylation is 1. The Morgan fingerprint density at radius 3 is 3.20 bits per heavy atom. The molecule has 1 atom stereocenters. The van der Waals surface area contributed by atoms with Crippen LogP contribution in [0.2, 0.25) is 0 Å². The first-order valence-electron chi connectivity index (χ1n) is 5.07. The number of carbonyl (C=O) groups is 1. The molecule has 0 spiro atoms. The summed E-state index contributed by atoms with van der Waals surface area (Å²) in [4.78, 5) is 13.6. The molecular formula is C10H14N2O3. The highest BCUT2D eigenvalue weighted by atomic mass is 16.5. The molecule has 1 fully saturated rings. The van der Waals surface area contributed by atoms with Crippen molar-refractivity contribution in [2.45, 2.75) is 25.8 Å². The van der Waals surface area contributed by atoms with E-state index in [1.807, 2.05) is 0 Å². The molecule has 2 rings (SSSR count). The first-order chi connectivity index (χ1) is 7.24. The highest BCUT2D eigenvalue weighted by molar-refractivity contribution is 5.93. The van der Waals surface area contributed by atoms with E-state index in [9.17, 15) is 4.79 Å². The zero-order valence-electron chi connectivity index (χ0n) is 8.64. The lowest BCUT2D eigenvalue weighted by molar-refractivity contribution is 0.0635. The largest absolute Gasteiger partial charge is 0.394 e. The van der Waals surface area contributed by atoms with Crippen molar-refractivity contribution in [2.75, 3.05) is 13.2 Å². The van der Waals surface area contributed by atoms with E-state index in [4.69, 9.17) is 9.63 Å². The maximum absolute atomic E-state index is 12.0. The molecule has 5 nitrogen and oxygen atoms in total. The van der Waals surface area contributed by atoms with Crippen LogP contribution in [-0.2, 0) is 0 Å². The number of aromatic nitrogens is 1. The van der Waals surface area contributed by atoms with Gasteiger partial charge in [0.1, 0.15) is 0 Å². The quantitative estimate of drug-likeness (QED) is 0.775. The number of rotatable bonds is 2. The van der Waals surface area contributed by atoms with Crippen molar-refractivity contribution in [1.29, 1.82) is 0 Å². The minimum Gasteiger partial charge on any atom is -0.394 e. The zero-order valence-corrected chi connectivity index (χ0v) is 8.64. The number of amides is 1. The van der Waals surface area contributed by atoms with E-state index in [1.165, 1.54) is 6.20 Å². The summed E-state index contributed by atoms with van der Waals surface area (Å²) in [5.74, 6) is 0.122. The molecule has 0 saturated carbocycles. The SMILES string of the molecule is Cc1cnoc1C(=O)N1CCC[C@H]1CO. The van der Waals surface area contributed by atoms with Crippen LogP contribution in [0.15, 0.2) is 10.7 Å². The second kappa shape index (κ2) is 4.02. The molecule has 1 N–H and O–H groups in total. The van der Waals surface area contributed by atoms with Crippen molar-refractivity contribution in [3.63, 3.8) is 0 Å². The van der Waals surface area contributed by atoms with Crippen molar-refractivity contribution in [3.05, 3.63) is 17.5 Å². The van der Waals surface area contributed by atoms with Gasteiger partial charge in [-0.2, -0.15) is 0 Å². The molecule has 1 aliphatic heterocycles. The second-order valence-corrected chi connectivity index (χ2v) is 3.82. The summed E-state index contributed by atoms with van der Waals surface area (Å²) in [5.41, 5.74) is 0.739. The van der Waals surface area contributed by atoms with Gasteiger partial charge in [0.25, 0.3) is 5.91 Å². The van der Waals surface area contributed by atoms with Crippen molar-refractivity contribution in [2.24, 2.45) is 0 Å². The third-order valence-corrected chi connectivity index (χ3v) is 2.79. The molecule has 15 heavy (non-hydrogen) atoms. The van der Waals surface area contributed by atoms with Gasteiger partial charge in [0.15, 0.2) is 0 Å². The molecule has 1 aliphatic rings. The average Bonchev–Trinajstić information content (AvgIpc) is 2.84. The van der Waals surface area contributed by atoms with Crippen LogP contribution in [-0.4, -0.2) is 40.3 Å². The van der Waals surface area contributed by atoms with Crippen LogP contribution in [0.3, 0.4) is 0 Å². The molecule has 0 unspecified atom stereocenters. The summed E-state index contributed by atoms with van der Waals surface area (Å²) in [6.45, 7) is 2.48. The summed E-state index contributed by atoms with van der Waals surface area (Å²) in [6, 6.07) is -0.0676. The number of hydrogen-bond donors (Lipinski definition) is 1. The van der Waals surface area contributed by atoms with Gasteiger partial charge in [-0.15, -0.1) is 0 Å². The standard InChI is InChI=1S/C10H14N2O3/c1-7-5-11-15-9(7)10(14)12-4-2-3-8(12)6-13/h5,8,13H,2-4,6H2,1H3/t8-/m0/s1. The third-order valence-electron chi connectivity index (χ3n) is 2.79. The second-order valence-electron chi connectivity index (χ2n) is 3.82. The van der Waals surface area contributed by atoms with Crippen LogP contribution < -0.4 is 0 Å². The van der Waals surface area contributed by atoms with Gasteiger partial charge in [0.05, 0.1) is 18.8 Å². The average molecular weight is 210 g/mol. The van der Waals surface area contributed by atoms with Gasteiger partial charge in [-0.25, -0.2) is 0 Å². The van der Waals surface area contributed by atoms with Gasteiger partial charge in [-0.1, -0.05) is 5.16 Å². The summed E-state index contributed by atoms with van der Waals surface area (Å²) >= 11 is 0. The number of nitrogens with zero attached hydrogens (tertiary/aromatic N) is 2. The molecule has 82 valence electrons. The summed E-state index contributed by atoms with van der Waals surface area (Å²) in [6.07, 6.45) is 3.32. The highest BCUT2D eigenvalue weighted by Crippen LogP contribution is 2.20. The maximum Gasteiger partial charge on any atom is 0.293 e. The molecule has 0 bridgehead atoms. The topological polar surface area (TPSA) is 66.6 Å². The molecule has 1 saturated heterocycles. The van der Waals surface area contributed by atoms with Gasteiger partial charge in [-0.05, 0) is 19.8 Å². The summed E-state index contributed by atoms with van der Waals surface area (Å²) in [7, 11) is 0. The fraction of sp³-hybridized carbons (Fsp3) is 0.600. The molecule has 0 radical (unpaired) electrons. The van der Waals surface area contributed by atoms with Gasteiger partial charge >= 0.3 is 0 Å². The van der Waals surface area contributed by atoms with Gasteiger partial charge in [0.2, 0.25) is 5.76 Å². The van der Waals surface area contributed by atoms with E-state index < -0.39 is 0 Å².